The molecule has 2 amide bonds. The van der Waals surface area contributed by atoms with E-state index < -0.39 is 5.60 Å². The molecule has 0 spiro atoms. The predicted molar refractivity (Wildman–Crippen MR) is 132 cm³/mol. The maximum absolute atomic E-state index is 12.7. The lowest BCUT2D eigenvalue weighted by molar-refractivity contribution is -0.118. The molecule has 1 aliphatic carbocycles. The number of nitrogens with one attached hydrogen (secondary N) is 1. The fraction of sp³-hybridized carbons (Fsp3) is 0.519. The second-order valence-electron chi connectivity index (χ2n) is 9.80. The van der Waals surface area contributed by atoms with Crippen LogP contribution in [0.2, 0.25) is 0 Å². The number of Topliss-reactive ketones (excluding diaryl/α,β-unsaturated/α-hetero) is 1. The number of carbonyl (C=O) groups is 3. The number of benzene rings is 1. The molecule has 3 rings (SSSR count). The molecule has 34 heavy (non-hydrogen) atoms. The van der Waals surface area contributed by atoms with E-state index in [2.05, 4.69) is 5.32 Å². The first-order chi connectivity index (χ1) is 16.2. The highest BCUT2D eigenvalue weighted by Crippen LogP contribution is 2.29. The van der Waals surface area contributed by atoms with Crippen molar-refractivity contribution < 1.29 is 23.9 Å². The summed E-state index contributed by atoms with van der Waals surface area (Å²) in [5, 5.41) is 2.85. The number of ketones is 1. The van der Waals surface area contributed by atoms with Crippen LogP contribution in [-0.2, 0) is 20.7 Å². The summed E-state index contributed by atoms with van der Waals surface area (Å²) in [6.45, 7) is 6.73. The molecule has 0 bridgehead atoms. The van der Waals surface area contributed by atoms with Gasteiger partial charge in [-0.05, 0) is 69.7 Å². The van der Waals surface area contributed by atoms with Crippen molar-refractivity contribution in [2.75, 3.05) is 25.0 Å². The highest BCUT2D eigenvalue weighted by Gasteiger charge is 2.23. The van der Waals surface area contributed by atoms with E-state index in [0.717, 1.165) is 43.4 Å². The Morgan fingerprint density at radius 3 is 2.65 bits per heavy atom. The molecule has 7 nitrogen and oxygen atoms in total. The minimum atomic E-state index is -0.558. The molecule has 0 unspecified atom stereocenters. The zero-order valence-electron chi connectivity index (χ0n) is 20.5. The minimum Gasteiger partial charge on any atom is -0.482 e. The number of fused-ring (bicyclic) bond motifs is 1. The Balaban J connectivity index is 1.43. The maximum atomic E-state index is 12.7. The molecule has 0 saturated carbocycles. The van der Waals surface area contributed by atoms with Gasteiger partial charge in [0, 0.05) is 19.5 Å². The van der Waals surface area contributed by atoms with Gasteiger partial charge in [0.1, 0.15) is 11.4 Å². The van der Waals surface area contributed by atoms with E-state index in [9.17, 15) is 14.4 Å². The number of nitrogens with zero attached hydrogens (tertiary/aromatic N) is 1. The number of unbranched alkanes of at least 4 members (excludes halogenated alkanes) is 3. The Morgan fingerprint density at radius 1 is 1.09 bits per heavy atom. The second-order valence-corrected chi connectivity index (χ2v) is 9.80. The van der Waals surface area contributed by atoms with Crippen molar-refractivity contribution in [1.82, 2.24) is 4.90 Å². The summed E-state index contributed by atoms with van der Waals surface area (Å²) in [4.78, 5) is 38.0. The average Bonchev–Trinajstić information content (AvgIpc) is 2.77. The Morgan fingerprint density at radius 2 is 1.88 bits per heavy atom. The van der Waals surface area contributed by atoms with Crippen molar-refractivity contribution in [3.8, 4) is 5.75 Å². The minimum absolute atomic E-state index is 0.0671. The van der Waals surface area contributed by atoms with Crippen molar-refractivity contribution in [1.29, 1.82) is 0 Å². The van der Waals surface area contributed by atoms with E-state index in [1.807, 2.05) is 57.2 Å². The molecule has 0 atom stereocenters. The number of allylic oxidation sites excluding steroid dienone is 3. The van der Waals surface area contributed by atoms with Gasteiger partial charge >= 0.3 is 6.09 Å². The number of hydrogen-bond donors (Lipinski definition) is 1. The van der Waals surface area contributed by atoms with Gasteiger partial charge in [0.2, 0.25) is 0 Å². The van der Waals surface area contributed by atoms with Gasteiger partial charge in [-0.1, -0.05) is 37.1 Å². The van der Waals surface area contributed by atoms with E-state index in [1.54, 1.807) is 4.90 Å². The van der Waals surface area contributed by atoms with Crippen molar-refractivity contribution >= 4 is 23.5 Å². The summed E-state index contributed by atoms with van der Waals surface area (Å²) >= 11 is 0. The highest BCUT2D eigenvalue weighted by atomic mass is 16.6. The van der Waals surface area contributed by atoms with Crippen LogP contribution in [0.25, 0.3) is 0 Å². The van der Waals surface area contributed by atoms with Gasteiger partial charge in [-0.25, -0.2) is 4.79 Å². The summed E-state index contributed by atoms with van der Waals surface area (Å²) in [6, 6.07) is 5.93. The largest absolute Gasteiger partial charge is 0.482 e. The number of ether oxygens (including phenoxy) is 2. The van der Waals surface area contributed by atoms with Crippen molar-refractivity contribution in [3.05, 3.63) is 47.6 Å². The van der Waals surface area contributed by atoms with Gasteiger partial charge in [-0.2, -0.15) is 0 Å². The summed E-state index contributed by atoms with van der Waals surface area (Å²) in [6.07, 6.45) is 11.1. The van der Waals surface area contributed by atoms with E-state index in [1.165, 1.54) is 5.56 Å². The molecule has 0 radical (unpaired) electrons. The quantitative estimate of drug-likeness (QED) is 0.477. The lowest BCUT2D eigenvalue weighted by Gasteiger charge is -2.28. The van der Waals surface area contributed by atoms with Crippen LogP contribution in [-0.4, -0.2) is 48.0 Å². The Bertz CT molecular complexity index is 958. The van der Waals surface area contributed by atoms with Gasteiger partial charge in [0.15, 0.2) is 12.4 Å². The normalized spacial score (nSPS) is 15.2. The molecule has 1 N–H and O–H groups in total. The van der Waals surface area contributed by atoms with E-state index in [0.29, 0.717) is 31.7 Å². The smallest absolute Gasteiger partial charge is 0.410 e. The summed E-state index contributed by atoms with van der Waals surface area (Å²) in [5.74, 6) is 0.715. The molecule has 0 aromatic heterocycles. The molecule has 1 aromatic rings. The van der Waals surface area contributed by atoms with Crippen molar-refractivity contribution in [3.63, 3.8) is 0 Å². The maximum Gasteiger partial charge on any atom is 0.410 e. The van der Waals surface area contributed by atoms with Gasteiger partial charge in [-0.15, -0.1) is 0 Å². The zero-order valence-corrected chi connectivity index (χ0v) is 20.5. The van der Waals surface area contributed by atoms with Gasteiger partial charge in [0.25, 0.3) is 5.91 Å². The summed E-state index contributed by atoms with van der Waals surface area (Å²) < 4.78 is 11.0. The van der Waals surface area contributed by atoms with Crippen LogP contribution in [0.1, 0.15) is 64.9 Å². The van der Waals surface area contributed by atoms with Gasteiger partial charge in [0.05, 0.1) is 5.69 Å². The number of rotatable bonds is 10. The molecule has 184 valence electrons. The van der Waals surface area contributed by atoms with E-state index >= 15 is 0 Å². The van der Waals surface area contributed by atoms with Crippen LogP contribution in [0.15, 0.2) is 42.0 Å². The first-order valence-corrected chi connectivity index (χ1v) is 12.1. The molecule has 1 heterocycles. The first-order valence-electron chi connectivity index (χ1n) is 12.1. The topological polar surface area (TPSA) is 84.9 Å². The number of anilines is 1. The lowest BCUT2D eigenvalue weighted by Crippen LogP contribution is -2.38. The number of amides is 2. The van der Waals surface area contributed by atoms with Crippen LogP contribution >= 0.6 is 0 Å². The third-order valence-corrected chi connectivity index (χ3v) is 5.72. The molecular weight excluding hydrogens is 432 g/mol. The summed E-state index contributed by atoms with van der Waals surface area (Å²) in [7, 11) is 0. The van der Waals surface area contributed by atoms with E-state index in [4.69, 9.17) is 9.47 Å². The molecule has 1 aromatic carbocycles. The number of carbonyl (C=O) groups excluding carboxylic acids is 3. The third kappa shape index (κ3) is 8.04. The average molecular weight is 469 g/mol. The first kappa shape index (κ1) is 25.5. The van der Waals surface area contributed by atoms with Crippen LogP contribution in [0.4, 0.5) is 10.5 Å². The summed E-state index contributed by atoms with van der Waals surface area (Å²) in [5.41, 5.74) is 2.11. The zero-order chi connectivity index (χ0) is 24.6. The molecule has 0 saturated heterocycles. The second kappa shape index (κ2) is 11.9. The van der Waals surface area contributed by atoms with Gasteiger partial charge < -0.3 is 19.7 Å². The lowest BCUT2D eigenvalue weighted by atomic mass is 10.0. The highest BCUT2D eigenvalue weighted by molar-refractivity contribution is 5.97. The molecule has 7 heteroatoms. The van der Waals surface area contributed by atoms with Crippen molar-refractivity contribution in [2.45, 2.75) is 71.3 Å². The fourth-order valence-corrected chi connectivity index (χ4v) is 3.95. The third-order valence-electron chi connectivity index (χ3n) is 5.72. The van der Waals surface area contributed by atoms with Gasteiger partial charge in [-0.3, -0.25) is 9.59 Å². The van der Waals surface area contributed by atoms with Crippen molar-refractivity contribution in [2.24, 2.45) is 0 Å². The predicted octanol–water partition coefficient (Wildman–Crippen LogP) is 5.20. The molecule has 1 aliphatic heterocycles. The Kier molecular flexibility index (Phi) is 8.91. The molecule has 2 aliphatic rings. The monoisotopic (exact) mass is 468 g/mol. The SMILES string of the molecule is CC(C)(C)OC(=O)N(CCCCCCc1ccc2c(c1)NC(=O)CO2)CCC1=CC=CCC1=O. The standard InChI is InChI=1S/C27H36N2O5/c1-27(2,3)34-26(32)29(17-15-21-11-7-8-12-23(21)30)16-9-5-4-6-10-20-13-14-24-22(18-20)28-25(31)19-33-24/h7-8,11,13-14,18H,4-6,9-10,12,15-17,19H2,1-3H3,(H,28,31). The van der Waals surface area contributed by atoms with Crippen LogP contribution in [0.5, 0.6) is 5.75 Å². The Labute approximate surface area is 202 Å². The number of aryl methyl sites for hydroxylation is 1. The fourth-order valence-electron chi connectivity index (χ4n) is 3.95. The Hall–Kier alpha value is -3.09. The van der Waals surface area contributed by atoms with E-state index in [-0.39, 0.29) is 24.4 Å². The van der Waals surface area contributed by atoms with Crippen LogP contribution in [0, 0.1) is 0 Å². The molecule has 0 fully saturated rings. The van der Waals surface area contributed by atoms with Crippen LogP contribution in [0.3, 0.4) is 0 Å². The molecular formula is C27H36N2O5. The van der Waals surface area contributed by atoms with Crippen LogP contribution < -0.4 is 10.1 Å². The number of hydrogen-bond acceptors (Lipinski definition) is 5.